The zero-order valence-corrected chi connectivity index (χ0v) is 29.7. The average molecular weight is 691 g/mol. The molecule has 0 aliphatic heterocycles. The number of nitrogens with zero attached hydrogens (tertiary/aromatic N) is 4. The molecule has 0 bridgehead atoms. The van der Waals surface area contributed by atoms with E-state index in [1.165, 1.54) is 6.20 Å². The second-order valence-electron chi connectivity index (χ2n) is 12.6. The molecule has 9 heteroatoms. The van der Waals surface area contributed by atoms with Crippen LogP contribution in [0, 0.1) is 20.4 Å². The third-order valence-corrected chi connectivity index (χ3v) is 8.97. The van der Waals surface area contributed by atoms with Crippen molar-refractivity contribution in [3.05, 3.63) is 135 Å². The molecule has 0 fully saturated rings. The van der Waals surface area contributed by atoms with Gasteiger partial charge in [0.05, 0.1) is 12.7 Å². The van der Waals surface area contributed by atoms with Gasteiger partial charge in [0.15, 0.2) is 0 Å². The second-order valence-corrected chi connectivity index (χ2v) is 13.0. The standard InChI is InChI=1S/C41H43ClN4O4/c1-27-33(11-8-13-36(27)37-14-9-12-35(28(37)2)30-15-17-31(18-16-30)39(48)24-46(4)5)26-50-41-38(42)21-32(10-6-7-19-47)40(45-41)49-25-29-20-34(43-3)23-44-22-29/h8-9,11-18,20-23,39,47-48H,6-7,10,19,24-26H2,1-2,4-5H3. The van der Waals surface area contributed by atoms with Crippen molar-refractivity contribution in [3.8, 4) is 34.0 Å². The Bertz CT molecular complexity index is 1960. The number of hydrogen-bond donors (Lipinski definition) is 2. The normalized spacial score (nSPS) is 11.7. The first-order chi connectivity index (χ1) is 24.2. The molecule has 0 amide bonds. The van der Waals surface area contributed by atoms with Gasteiger partial charge in [-0.2, -0.15) is 4.98 Å². The van der Waals surface area contributed by atoms with Crippen LogP contribution >= 0.6 is 11.6 Å². The van der Waals surface area contributed by atoms with E-state index in [0.29, 0.717) is 36.0 Å². The minimum Gasteiger partial charge on any atom is -0.473 e. The van der Waals surface area contributed by atoms with E-state index >= 15 is 0 Å². The second kappa shape index (κ2) is 17.2. The number of aryl methyl sites for hydroxylation is 1. The summed E-state index contributed by atoms with van der Waals surface area (Å²) in [5.41, 5.74) is 10.6. The van der Waals surface area contributed by atoms with Crippen molar-refractivity contribution in [2.45, 2.75) is 52.4 Å². The summed E-state index contributed by atoms with van der Waals surface area (Å²) < 4.78 is 12.4. The molecular weight excluding hydrogens is 648 g/mol. The Morgan fingerprint density at radius 1 is 0.840 bits per heavy atom. The van der Waals surface area contributed by atoms with E-state index in [-0.39, 0.29) is 25.7 Å². The highest BCUT2D eigenvalue weighted by molar-refractivity contribution is 6.31. The van der Waals surface area contributed by atoms with Crippen LogP contribution in [0.2, 0.25) is 5.02 Å². The zero-order chi connectivity index (χ0) is 35.6. The van der Waals surface area contributed by atoms with Crippen LogP contribution in [0.15, 0.2) is 85.2 Å². The van der Waals surface area contributed by atoms with E-state index in [2.05, 4.69) is 65.1 Å². The van der Waals surface area contributed by atoms with E-state index in [1.54, 1.807) is 12.3 Å². The summed E-state index contributed by atoms with van der Waals surface area (Å²) in [7, 11) is 3.90. The van der Waals surface area contributed by atoms with Crippen LogP contribution < -0.4 is 9.47 Å². The highest BCUT2D eigenvalue weighted by Gasteiger charge is 2.17. The predicted octanol–water partition coefficient (Wildman–Crippen LogP) is 8.70. The lowest BCUT2D eigenvalue weighted by molar-refractivity contribution is 0.138. The molecule has 5 aromatic rings. The van der Waals surface area contributed by atoms with Crippen LogP contribution in [0.5, 0.6) is 11.8 Å². The number of pyridine rings is 2. The van der Waals surface area contributed by atoms with E-state index in [1.807, 2.05) is 49.3 Å². The summed E-state index contributed by atoms with van der Waals surface area (Å²) in [6, 6.07) is 24.3. The molecule has 0 aliphatic rings. The molecule has 1 atom stereocenters. The Morgan fingerprint density at radius 3 is 2.26 bits per heavy atom. The number of likely N-dealkylation sites (N-methyl/N-ethyl adjacent to an activating group) is 1. The van der Waals surface area contributed by atoms with Crippen molar-refractivity contribution in [2.24, 2.45) is 0 Å². The molecule has 8 nitrogen and oxygen atoms in total. The fourth-order valence-corrected chi connectivity index (χ4v) is 6.17. The van der Waals surface area contributed by atoms with E-state index in [0.717, 1.165) is 62.1 Å². The molecule has 0 saturated carbocycles. The van der Waals surface area contributed by atoms with Crippen LogP contribution in [-0.4, -0.2) is 52.3 Å². The van der Waals surface area contributed by atoms with Crippen molar-refractivity contribution in [3.63, 3.8) is 0 Å². The maximum atomic E-state index is 10.5. The number of aromatic nitrogens is 2. The summed E-state index contributed by atoms with van der Waals surface area (Å²) in [5, 5.41) is 20.2. The summed E-state index contributed by atoms with van der Waals surface area (Å²) in [6.45, 7) is 12.6. The van der Waals surface area contributed by atoms with Gasteiger partial charge in [0, 0.05) is 31.1 Å². The Balaban J connectivity index is 1.37. The molecular formula is C41H43ClN4O4. The number of hydrogen-bond acceptors (Lipinski definition) is 7. The van der Waals surface area contributed by atoms with Gasteiger partial charge in [0.2, 0.25) is 17.4 Å². The molecule has 0 aliphatic carbocycles. The number of rotatable bonds is 15. The van der Waals surface area contributed by atoms with Crippen molar-refractivity contribution in [1.29, 1.82) is 0 Å². The summed E-state index contributed by atoms with van der Waals surface area (Å²) >= 11 is 6.70. The summed E-state index contributed by atoms with van der Waals surface area (Å²) in [6.07, 6.45) is 4.66. The summed E-state index contributed by atoms with van der Waals surface area (Å²) in [5.74, 6) is 0.663. The first-order valence-corrected chi connectivity index (χ1v) is 17.0. The maximum absolute atomic E-state index is 10.5. The first-order valence-electron chi connectivity index (χ1n) is 16.7. The predicted molar refractivity (Wildman–Crippen MR) is 199 cm³/mol. The van der Waals surface area contributed by atoms with Gasteiger partial charge < -0.3 is 24.6 Å². The Kier molecular flexibility index (Phi) is 12.6. The van der Waals surface area contributed by atoms with Crippen molar-refractivity contribution < 1.29 is 19.7 Å². The van der Waals surface area contributed by atoms with Gasteiger partial charge in [0.25, 0.3) is 0 Å². The quantitative estimate of drug-likeness (QED) is 0.0839. The van der Waals surface area contributed by atoms with Crippen LogP contribution in [-0.2, 0) is 19.6 Å². The van der Waals surface area contributed by atoms with Crippen LogP contribution in [0.4, 0.5) is 5.69 Å². The number of benzene rings is 3. The van der Waals surface area contributed by atoms with Crippen molar-refractivity contribution >= 4 is 17.3 Å². The van der Waals surface area contributed by atoms with E-state index in [9.17, 15) is 10.2 Å². The molecule has 0 saturated heterocycles. The van der Waals surface area contributed by atoms with Gasteiger partial charge in [-0.15, -0.1) is 0 Å². The number of unbranched alkanes of at least 4 members (excludes halogenated alkanes) is 1. The lowest BCUT2D eigenvalue weighted by Gasteiger charge is -2.18. The van der Waals surface area contributed by atoms with Crippen LogP contribution in [0.1, 0.15) is 52.3 Å². The largest absolute Gasteiger partial charge is 0.473 e. The molecule has 3 aromatic carbocycles. The minimum absolute atomic E-state index is 0.102. The van der Waals surface area contributed by atoms with Gasteiger partial charge in [-0.25, -0.2) is 4.85 Å². The number of halogens is 1. The zero-order valence-electron chi connectivity index (χ0n) is 29.0. The fourth-order valence-electron chi connectivity index (χ4n) is 5.95. The lowest BCUT2D eigenvalue weighted by atomic mass is 9.89. The van der Waals surface area contributed by atoms with Crippen molar-refractivity contribution in [1.82, 2.24) is 14.9 Å². The lowest BCUT2D eigenvalue weighted by Crippen LogP contribution is -2.19. The number of aliphatic hydroxyl groups is 2. The molecule has 0 radical (unpaired) electrons. The molecule has 2 aromatic heterocycles. The molecule has 258 valence electrons. The van der Waals surface area contributed by atoms with E-state index < -0.39 is 6.10 Å². The smallest absolute Gasteiger partial charge is 0.236 e. The molecule has 2 N–H and O–H groups in total. The Labute approximate surface area is 299 Å². The molecule has 0 spiro atoms. The molecule has 1 unspecified atom stereocenters. The van der Waals surface area contributed by atoms with Crippen LogP contribution in [0.3, 0.4) is 0 Å². The summed E-state index contributed by atoms with van der Waals surface area (Å²) in [4.78, 5) is 14.2. The molecule has 5 rings (SSSR count). The van der Waals surface area contributed by atoms with Gasteiger partial charge in [0.1, 0.15) is 18.2 Å². The fraction of sp³-hybridized carbons (Fsp3) is 0.293. The minimum atomic E-state index is -0.537. The number of aliphatic hydroxyl groups excluding tert-OH is 2. The van der Waals surface area contributed by atoms with E-state index in [4.69, 9.17) is 27.6 Å². The molecule has 2 heterocycles. The SMILES string of the molecule is [C-]#[N+]c1cncc(COc2nc(OCc3cccc(-c4cccc(-c5ccc(C(O)CN(C)C)cc5)c4C)c3C)c(Cl)cc2CCCCO)c1. The molecule has 50 heavy (non-hydrogen) atoms. The van der Waals surface area contributed by atoms with Crippen molar-refractivity contribution in [2.75, 3.05) is 27.2 Å². The van der Waals surface area contributed by atoms with Gasteiger partial charge in [-0.1, -0.05) is 72.3 Å². The van der Waals surface area contributed by atoms with Gasteiger partial charge in [-0.05, 0) is 109 Å². The Hall–Kier alpha value is -4.78. The average Bonchev–Trinajstić information content (AvgIpc) is 3.11. The maximum Gasteiger partial charge on any atom is 0.236 e. The van der Waals surface area contributed by atoms with Crippen LogP contribution in [0.25, 0.3) is 27.1 Å². The topological polar surface area (TPSA) is 92.3 Å². The highest BCUT2D eigenvalue weighted by atomic mass is 35.5. The monoisotopic (exact) mass is 690 g/mol. The first kappa shape index (κ1) is 36.5. The van der Waals surface area contributed by atoms with Gasteiger partial charge in [-0.3, -0.25) is 4.98 Å². The van der Waals surface area contributed by atoms with Gasteiger partial charge >= 0.3 is 0 Å². The Morgan fingerprint density at radius 2 is 1.54 bits per heavy atom. The third kappa shape index (κ3) is 9.06. The highest BCUT2D eigenvalue weighted by Crippen LogP contribution is 2.36. The number of ether oxygens (including phenoxy) is 2. The third-order valence-electron chi connectivity index (χ3n) is 8.70.